The van der Waals surface area contributed by atoms with Crippen LogP contribution in [0.25, 0.3) is 0 Å². The zero-order valence-electron chi connectivity index (χ0n) is 12.0. The fourth-order valence-electron chi connectivity index (χ4n) is 2.96. The normalized spacial score (nSPS) is 18.9. The van der Waals surface area contributed by atoms with Gasteiger partial charge < -0.3 is 10.6 Å². The van der Waals surface area contributed by atoms with Gasteiger partial charge in [0, 0.05) is 18.0 Å². The highest BCUT2D eigenvalue weighted by Crippen LogP contribution is 2.24. The van der Waals surface area contributed by atoms with Gasteiger partial charge in [-0.1, -0.05) is 30.7 Å². The number of nitrogens with zero attached hydrogens (tertiary/aromatic N) is 1. The minimum atomic E-state index is -0.171. The highest BCUT2D eigenvalue weighted by Gasteiger charge is 2.22. The third-order valence-corrected chi connectivity index (χ3v) is 4.38. The van der Waals surface area contributed by atoms with Crippen molar-refractivity contribution in [3.05, 3.63) is 34.9 Å². The van der Waals surface area contributed by atoms with Crippen LogP contribution >= 0.6 is 11.6 Å². The lowest BCUT2D eigenvalue weighted by Gasteiger charge is -2.33. The van der Waals surface area contributed by atoms with Gasteiger partial charge in [-0.25, -0.2) is 0 Å². The minimum absolute atomic E-state index is 0.171. The zero-order chi connectivity index (χ0) is 14.5. The molecule has 1 atom stereocenters. The molecule has 3 nitrogen and oxygen atoms in total. The van der Waals surface area contributed by atoms with Crippen molar-refractivity contribution in [3.8, 4) is 0 Å². The number of halogens is 1. The maximum atomic E-state index is 10.9. The lowest BCUT2D eigenvalue weighted by Crippen LogP contribution is -2.37. The molecule has 0 saturated carbocycles. The number of rotatable bonds is 5. The van der Waals surface area contributed by atoms with E-state index >= 15 is 0 Å². The Kier molecular flexibility index (Phi) is 5.44. The highest BCUT2D eigenvalue weighted by atomic mass is 35.5. The molecule has 1 aliphatic rings. The van der Waals surface area contributed by atoms with Gasteiger partial charge in [-0.3, -0.25) is 4.79 Å². The summed E-state index contributed by atoms with van der Waals surface area (Å²) in [7, 11) is 0. The topological polar surface area (TPSA) is 46.3 Å². The van der Waals surface area contributed by atoms with Gasteiger partial charge in [0.15, 0.2) is 0 Å². The first-order chi connectivity index (χ1) is 9.54. The summed E-state index contributed by atoms with van der Waals surface area (Å²) in [6.45, 7) is 5.40. The van der Waals surface area contributed by atoms with Crippen LogP contribution in [0.2, 0.25) is 5.02 Å². The van der Waals surface area contributed by atoms with E-state index in [0.717, 1.165) is 37.5 Å². The molecule has 1 saturated heterocycles. The largest absolute Gasteiger partial charge is 0.370 e. The monoisotopic (exact) mass is 294 g/mol. The Morgan fingerprint density at radius 1 is 1.45 bits per heavy atom. The van der Waals surface area contributed by atoms with Gasteiger partial charge in [0.25, 0.3) is 0 Å². The molecule has 1 heterocycles. The summed E-state index contributed by atoms with van der Waals surface area (Å²) in [6.07, 6.45) is 2.69. The number of nitrogens with two attached hydrogens (primary N) is 1. The summed E-state index contributed by atoms with van der Waals surface area (Å²) >= 11 is 6.04. The number of amides is 1. The molecular weight excluding hydrogens is 272 g/mol. The molecular formula is C16H23ClN2O. The highest BCUT2D eigenvalue weighted by molar-refractivity contribution is 6.30. The van der Waals surface area contributed by atoms with E-state index in [1.165, 1.54) is 5.56 Å². The summed E-state index contributed by atoms with van der Waals surface area (Å²) < 4.78 is 0. The Hall–Kier alpha value is -1.06. The maximum absolute atomic E-state index is 10.9. The van der Waals surface area contributed by atoms with E-state index < -0.39 is 0 Å². The van der Waals surface area contributed by atoms with E-state index in [1.807, 2.05) is 18.2 Å². The van der Waals surface area contributed by atoms with Crippen molar-refractivity contribution < 1.29 is 4.79 Å². The van der Waals surface area contributed by atoms with Gasteiger partial charge in [-0.15, -0.1) is 0 Å². The van der Waals surface area contributed by atoms with Gasteiger partial charge in [-0.2, -0.15) is 0 Å². The Morgan fingerprint density at radius 3 is 2.75 bits per heavy atom. The third-order valence-electron chi connectivity index (χ3n) is 4.15. The van der Waals surface area contributed by atoms with Crippen LogP contribution in [0.3, 0.4) is 0 Å². The predicted octanol–water partition coefficient (Wildman–Crippen LogP) is 3.03. The van der Waals surface area contributed by atoms with Crippen molar-refractivity contribution in [2.75, 3.05) is 19.6 Å². The molecule has 1 aromatic carbocycles. The average molecular weight is 295 g/mol. The average Bonchev–Trinajstić information content (AvgIpc) is 2.40. The second-order valence-corrected chi connectivity index (χ2v) is 6.31. The van der Waals surface area contributed by atoms with Crippen molar-refractivity contribution in [1.82, 2.24) is 4.90 Å². The first-order valence-electron chi connectivity index (χ1n) is 7.30. The van der Waals surface area contributed by atoms with E-state index in [0.29, 0.717) is 18.3 Å². The van der Waals surface area contributed by atoms with E-state index in [-0.39, 0.29) is 5.91 Å². The van der Waals surface area contributed by atoms with Crippen molar-refractivity contribution >= 4 is 17.5 Å². The fourth-order valence-corrected chi connectivity index (χ4v) is 3.16. The van der Waals surface area contributed by atoms with Crippen LogP contribution in [0.1, 0.15) is 37.7 Å². The van der Waals surface area contributed by atoms with Gasteiger partial charge in [-0.05, 0) is 55.5 Å². The summed E-state index contributed by atoms with van der Waals surface area (Å²) in [5.74, 6) is 0.780. The molecule has 0 aromatic heterocycles. The van der Waals surface area contributed by atoms with Crippen LogP contribution in [-0.2, 0) is 4.79 Å². The van der Waals surface area contributed by atoms with Crippen LogP contribution in [0, 0.1) is 5.92 Å². The number of hydrogen-bond acceptors (Lipinski definition) is 2. The summed E-state index contributed by atoms with van der Waals surface area (Å²) in [5, 5.41) is 0.800. The molecule has 20 heavy (non-hydrogen) atoms. The molecule has 2 rings (SSSR count). The van der Waals surface area contributed by atoms with Crippen molar-refractivity contribution in [2.45, 2.75) is 32.1 Å². The summed E-state index contributed by atoms with van der Waals surface area (Å²) in [5.41, 5.74) is 6.55. The number of hydrogen-bond donors (Lipinski definition) is 1. The first-order valence-corrected chi connectivity index (χ1v) is 7.68. The molecule has 0 radical (unpaired) electrons. The number of primary amides is 1. The van der Waals surface area contributed by atoms with E-state index in [2.05, 4.69) is 17.9 Å². The molecule has 1 aromatic rings. The Morgan fingerprint density at radius 2 is 2.15 bits per heavy atom. The number of piperidine rings is 1. The second kappa shape index (κ2) is 7.09. The summed E-state index contributed by atoms with van der Waals surface area (Å²) in [4.78, 5) is 13.4. The molecule has 2 N–H and O–H groups in total. The molecule has 1 unspecified atom stereocenters. The van der Waals surface area contributed by atoms with Crippen molar-refractivity contribution in [1.29, 1.82) is 0 Å². The maximum Gasteiger partial charge on any atom is 0.217 e. The summed E-state index contributed by atoms with van der Waals surface area (Å²) in [6, 6.07) is 8.10. The van der Waals surface area contributed by atoms with Crippen LogP contribution in [0.5, 0.6) is 0 Å². The van der Waals surface area contributed by atoms with Gasteiger partial charge in [0.05, 0.1) is 0 Å². The SMILES string of the molecule is CC(CN1CCC(CC(N)=O)CC1)c1cccc(Cl)c1. The number of carbonyl (C=O) groups excluding carboxylic acids is 1. The Balaban J connectivity index is 1.82. The minimum Gasteiger partial charge on any atom is -0.370 e. The number of likely N-dealkylation sites (tertiary alicyclic amines) is 1. The molecule has 0 spiro atoms. The molecule has 110 valence electrons. The number of carbonyl (C=O) groups is 1. The smallest absolute Gasteiger partial charge is 0.217 e. The lowest BCUT2D eigenvalue weighted by atomic mass is 9.92. The van der Waals surface area contributed by atoms with Crippen molar-refractivity contribution in [3.63, 3.8) is 0 Å². The van der Waals surface area contributed by atoms with Crippen LogP contribution in [0.15, 0.2) is 24.3 Å². The molecule has 0 aliphatic carbocycles. The second-order valence-electron chi connectivity index (χ2n) is 5.87. The standard InChI is InChI=1S/C16H23ClN2O/c1-12(14-3-2-4-15(17)10-14)11-19-7-5-13(6-8-19)9-16(18)20/h2-4,10,12-13H,5-9,11H2,1H3,(H2,18,20). The van der Waals surface area contributed by atoms with Crippen LogP contribution in [-0.4, -0.2) is 30.4 Å². The van der Waals surface area contributed by atoms with Gasteiger partial charge >= 0.3 is 0 Å². The van der Waals surface area contributed by atoms with Crippen molar-refractivity contribution in [2.24, 2.45) is 11.7 Å². The Labute approximate surface area is 126 Å². The van der Waals surface area contributed by atoms with Gasteiger partial charge in [0.2, 0.25) is 5.91 Å². The zero-order valence-corrected chi connectivity index (χ0v) is 12.8. The van der Waals surface area contributed by atoms with Crippen LogP contribution < -0.4 is 5.73 Å². The first kappa shape index (κ1) is 15.3. The molecule has 1 amide bonds. The molecule has 4 heteroatoms. The third kappa shape index (κ3) is 4.50. The lowest BCUT2D eigenvalue weighted by molar-refractivity contribution is -0.119. The van der Waals surface area contributed by atoms with Gasteiger partial charge in [0.1, 0.15) is 0 Å². The number of benzene rings is 1. The fraction of sp³-hybridized carbons (Fsp3) is 0.562. The van der Waals surface area contributed by atoms with E-state index in [4.69, 9.17) is 17.3 Å². The quantitative estimate of drug-likeness (QED) is 0.907. The molecule has 1 aliphatic heterocycles. The van der Waals surface area contributed by atoms with Crippen LogP contribution in [0.4, 0.5) is 0 Å². The molecule has 0 bridgehead atoms. The Bertz CT molecular complexity index is 456. The predicted molar refractivity (Wildman–Crippen MR) is 82.8 cm³/mol. The molecule has 1 fully saturated rings. The van der Waals surface area contributed by atoms with E-state index in [9.17, 15) is 4.79 Å². The van der Waals surface area contributed by atoms with E-state index in [1.54, 1.807) is 0 Å².